The van der Waals surface area contributed by atoms with Crippen molar-refractivity contribution in [3.63, 3.8) is 0 Å². The lowest BCUT2D eigenvalue weighted by Gasteiger charge is -2.09. The molecular formula is C15H14N2O2. The normalized spacial score (nSPS) is 9.68. The summed E-state index contributed by atoms with van der Waals surface area (Å²) < 4.78 is 11.0. The third-order valence-electron chi connectivity index (χ3n) is 2.51. The minimum absolute atomic E-state index is 0.312. The van der Waals surface area contributed by atoms with E-state index < -0.39 is 0 Å². The zero-order valence-corrected chi connectivity index (χ0v) is 10.7. The Morgan fingerprint density at radius 1 is 1.16 bits per heavy atom. The average molecular weight is 254 g/mol. The molecule has 0 spiro atoms. The third kappa shape index (κ3) is 3.46. The monoisotopic (exact) mass is 254 g/mol. The topological polar surface area (TPSA) is 55.1 Å². The number of benzene rings is 1. The second-order valence-corrected chi connectivity index (χ2v) is 3.82. The molecule has 4 heteroatoms. The van der Waals surface area contributed by atoms with E-state index in [-0.39, 0.29) is 0 Å². The van der Waals surface area contributed by atoms with Crippen LogP contribution in [0.2, 0.25) is 0 Å². The van der Waals surface area contributed by atoms with Gasteiger partial charge in [0.15, 0.2) is 0 Å². The van der Waals surface area contributed by atoms with Crippen LogP contribution in [0, 0.1) is 11.3 Å². The summed E-state index contributed by atoms with van der Waals surface area (Å²) in [5.41, 5.74) is 1.16. The predicted molar refractivity (Wildman–Crippen MR) is 70.9 cm³/mol. The largest absolute Gasteiger partial charge is 0.494 e. The average Bonchev–Trinajstić information content (AvgIpc) is 2.46. The zero-order valence-electron chi connectivity index (χ0n) is 10.7. The maximum atomic E-state index is 8.94. The molecule has 1 heterocycles. The molecule has 19 heavy (non-hydrogen) atoms. The number of aromatic nitrogens is 1. The highest BCUT2D eigenvalue weighted by atomic mass is 16.5. The predicted octanol–water partition coefficient (Wildman–Crippen LogP) is 2.93. The van der Waals surface area contributed by atoms with Gasteiger partial charge < -0.3 is 9.47 Å². The minimum atomic E-state index is 0.312. The van der Waals surface area contributed by atoms with Crippen LogP contribution in [0.5, 0.6) is 11.5 Å². The molecule has 0 fully saturated rings. The standard InChI is InChI=1S/C15H14N2O2/c1-2-18-13-6-3-7-14(9-13)19-11-12-5-4-8-17-15(12)10-16/h3-9H,2,11H2,1H3. The summed E-state index contributed by atoms with van der Waals surface area (Å²) in [5, 5.41) is 8.94. The van der Waals surface area contributed by atoms with E-state index in [1.54, 1.807) is 12.3 Å². The van der Waals surface area contributed by atoms with Crippen molar-refractivity contribution in [2.24, 2.45) is 0 Å². The Morgan fingerprint density at radius 3 is 2.68 bits per heavy atom. The first-order valence-corrected chi connectivity index (χ1v) is 6.03. The highest BCUT2D eigenvalue weighted by molar-refractivity contribution is 5.34. The van der Waals surface area contributed by atoms with Crippen LogP contribution in [0.1, 0.15) is 18.2 Å². The SMILES string of the molecule is CCOc1cccc(OCc2cccnc2C#N)c1. The summed E-state index contributed by atoms with van der Waals surface area (Å²) >= 11 is 0. The fourth-order valence-electron chi connectivity index (χ4n) is 1.64. The van der Waals surface area contributed by atoms with E-state index in [0.29, 0.717) is 24.7 Å². The van der Waals surface area contributed by atoms with Gasteiger partial charge in [-0.1, -0.05) is 12.1 Å². The Kier molecular flexibility index (Phi) is 4.35. The van der Waals surface area contributed by atoms with Crippen molar-refractivity contribution in [2.45, 2.75) is 13.5 Å². The number of nitrogens with zero attached hydrogens (tertiary/aromatic N) is 2. The Balaban J connectivity index is 2.06. The van der Waals surface area contributed by atoms with Gasteiger partial charge in [-0.05, 0) is 25.1 Å². The summed E-state index contributed by atoms with van der Waals surface area (Å²) in [6.07, 6.45) is 1.60. The summed E-state index contributed by atoms with van der Waals surface area (Å²) in [5.74, 6) is 1.48. The molecule has 0 N–H and O–H groups in total. The molecule has 1 aromatic carbocycles. The molecule has 0 atom stereocenters. The fourth-order valence-corrected chi connectivity index (χ4v) is 1.64. The number of hydrogen-bond donors (Lipinski definition) is 0. The van der Waals surface area contributed by atoms with E-state index in [4.69, 9.17) is 14.7 Å². The molecule has 96 valence electrons. The Hall–Kier alpha value is -2.54. The van der Waals surface area contributed by atoms with E-state index in [1.165, 1.54) is 0 Å². The molecule has 2 rings (SSSR count). The molecule has 0 bridgehead atoms. The fraction of sp³-hybridized carbons (Fsp3) is 0.200. The van der Waals surface area contributed by atoms with Gasteiger partial charge in [0.25, 0.3) is 0 Å². The van der Waals surface area contributed by atoms with Gasteiger partial charge in [-0.3, -0.25) is 0 Å². The lowest BCUT2D eigenvalue weighted by Crippen LogP contribution is -2.00. The van der Waals surface area contributed by atoms with Gasteiger partial charge in [-0.15, -0.1) is 0 Å². The molecule has 0 radical (unpaired) electrons. The molecule has 0 aliphatic carbocycles. The van der Waals surface area contributed by atoms with Crippen LogP contribution in [0.4, 0.5) is 0 Å². The van der Waals surface area contributed by atoms with Gasteiger partial charge in [0.05, 0.1) is 6.61 Å². The van der Waals surface area contributed by atoms with Gasteiger partial charge in [0.1, 0.15) is 29.9 Å². The highest BCUT2D eigenvalue weighted by Crippen LogP contribution is 2.20. The third-order valence-corrected chi connectivity index (χ3v) is 2.51. The Morgan fingerprint density at radius 2 is 1.95 bits per heavy atom. The number of ether oxygens (including phenoxy) is 2. The second kappa shape index (κ2) is 6.41. The van der Waals surface area contributed by atoms with Crippen molar-refractivity contribution >= 4 is 0 Å². The first-order chi connectivity index (χ1) is 9.33. The van der Waals surface area contributed by atoms with Crippen LogP contribution < -0.4 is 9.47 Å². The molecule has 0 aliphatic heterocycles. The molecular weight excluding hydrogens is 240 g/mol. The molecule has 0 saturated heterocycles. The Labute approximate surface area is 112 Å². The molecule has 4 nitrogen and oxygen atoms in total. The van der Waals surface area contributed by atoms with E-state index in [2.05, 4.69) is 4.98 Å². The van der Waals surface area contributed by atoms with E-state index in [1.807, 2.05) is 43.3 Å². The van der Waals surface area contributed by atoms with Gasteiger partial charge in [-0.2, -0.15) is 5.26 Å². The number of rotatable bonds is 5. The van der Waals surface area contributed by atoms with Crippen LogP contribution in [-0.4, -0.2) is 11.6 Å². The van der Waals surface area contributed by atoms with Gasteiger partial charge in [0.2, 0.25) is 0 Å². The summed E-state index contributed by atoms with van der Waals surface area (Å²) in [6, 6.07) is 13.1. The van der Waals surface area contributed by atoms with Gasteiger partial charge in [0, 0.05) is 17.8 Å². The first kappa shape index (κ1) is 12.9. The molecule has 0 aliphatic rings. The van der Waals surface area contributed by atoms with Crippen LogP contribution in [0.3, 0.4) is 0 Å². The minimum Gasteiger partial charge on any atom is -0.494 e. The van der Waals surface area contributed by atoms with Crippen molar-refractivity contribution in [2.75, 3.05) is 6.61 Å². The second-order valence-electron chi connectivity index (χ2n) is 3.82. The van der Waals surface area contributed by atoms with Crippen molar-refractivity contribution in [1.82, 2.24) is 4.98 Å². The lowest BCUT2D eigenvalue weighted by molar-refractivity contribution is 0.299. The Bertz CT molecular complexity index is 591. The summed E-state index contributed by atoms with van der Waals surface area (Å²) in [6.45, 7) is 2.86. The van der Waals surface area contributed by atoms with Crippen LogP contribution in [0.15, 0.2) is 42.6 Å². The van der Waals surface area contributed by atoms with Crippen molar-refractivity contribution in [3.05, 3.63) is 53.9 Å². The van der Waals surface area contributed by atoms with E-state index >= 15 is 0 Å². The maximum absolute atomic E-state index is 8.94. The van der Waals surface area contributed by atoms with Crippen LogP contribution in [-0.2, 0) is 6.61 Å². The smallest absolute Gasteiger partial charge is 0.147 e. The van der Waals surface area contributed by atoms with E-state index in [9.17, 15) is 0 Å². The van der Waals surface area contributed by atoms with Crippen LogP contribution in [0.25, 0.3) is 0 Å². The summed E-state index contributed by atoms with van der Waals surface area (Å²) in [4.78, 5) is 3.99. The quantitative estimate of drug-likeness (QED) is 0.823. The molecule has 0 unspecified atom stereocenters. The molecule has 2 aromatic rings. The maximum Gasteiger partial charge on any atom is 0.147 e. The van der Waals surface area contributed by atoms with Crippen molar-refractivity contribution < 1.29 is 9.47 Å². The number of nitriles is 1. The molecule has 0 amide bonds. The summed E-state index contributed by atoms with van der Waals surface area (Å²) in [7, 11) is 0. The molecule has 0 saturated carbocycles. The van der Waals surface area contributed by atoms with Crippen molar-refractivity contribution in [3.8, 4) is 17.6 Å². The number of hydrogen-bond acceptors (Lipinski definition) is 4. The van der Waals surface area contributed by atoms with E-state index in [0.717, 1.165) is 11.3 Å². The first-order valence-electron chi connectivity index (χ1n) is 6.03. The zero-order chi connectivity index (χ0) is 13.5. The molecule has 1 aromatic heterocycles. The number of pyridine rings is 1. The highest BCUT2D eigenvalue weighted by Gasteiger charge is 2.04. The van der Waals surface area contributed by atoms with Gasteiger partial charge >= 0.3 is 0 Å². The van der Waals surface area contributed by atoms with Gasteiger partial charge in [-0.25, -0.2) is 4.98 Å². The van der Waals surface area contributed by atoms with Crippen LogP contribution >= 0.6 is 0 Å². The lowest BCUT2D eigenvalue weighted by atomic mass is 10.2. The van der Waals surface area contributed by atoms with Crippen molar-refractivity contribution in [1.29, 1.82) is 5.26 Å².